The summed E-state index contributed by atoms with van der Waals surface area (Å²) in [5.74, 6) is -0.701. The lowest BCUT2D eigenvalue weighted by Crippen LogP contribution is -2.51. The fourth-order valence-corrected chi connectivity index (χ4v) is 5.80. The number of sulfonamides is 1. The quantitative estimate of drug-likeness (QED) is 0.311. The van der Waals surface area contributed by atoms with Gasteiger partial charge in [0.05, 0.1) is 10.6 Å². The molecule has 0 spiro atoms. The number of carbonyl (C=O) groups is 2. The first-order chi connectivity index (χ1) is 18.4. The number of benzene rings is 3. The summed E-state index contributed by atoms with van der Waals surface area (Å²) in [7, 11) is -4.17. The second-order valence-corrected chi connectivity index (χ2v) is 12.3. The summed E-state index contributed by atoms with van der Waals surface area (Å²) >= 11 is 12.7. The summed E-state index contributed by atoms with van der Waals surface area (Å²) in [5, 5.41) is 3.66. The lowest BCUT2D eigenvalue weighted by molar-refractivity contribution is -0.139. The van der Waals surface area contributed by atoms with E-state index in [0.717, 1.165) is 4.31 Å². The molecule has 0 aliphatic heterocycles. The van der Waals surface area contributed by atoms with E-state index >= 15 is 0 Å². The molecule has 0 aliphatic rings. The number of carbonyl (C=O) groups excluding carboxylic acids is 2. The molecule has 0 radical (unpaired) electrons. The van der Waals surface area contributed by atoms with E-state index in [-0.39, 0.29) is 29.0 Å². The fourth-order valence-electron chi connectivity index (χ4n) is 3.94. The van der Waals surface area contributed by atoms with Gasteiger partial charge in [-0.25, -0.2) is 8.42 Å². The molecule has 0 heterocycles. The number of rotatable bonds is 11. The Morgan fingerprint density at radius 3 is 2.13 bits per heavy atom. The molecule has 2 amide bonds. The van der Waals surface area contributed by atoms with Gasteiger partial charge >= 0.3 is 0 Å². The summed E-state index contributed by atoms with van der Waals surface area (Å²) < 4.78 is 28.8. The number of hydrogen-bond donors (Lipinski definition) is 1. The van der Waals surface area contributed by atoms with E-state index in [4.69, 9.17) is 23.2 Å². The Morgan fingerprint density at radius 2 is 1.49 bits per heavy atom. The number of nitrogens with one attached hydrogen (secondary N) is 1. The van der Waals surface area contributed by atoms with E-state index in [2.05, 4.69) is 5.32 Å². The number of nitrogens with zero attached hydrogens (tertiary/aromatic N) is 2. The van der Waals surface area contributed by atoms with Crippen LogP contribution >= 0.6 is 23.2 Å². The first-order valence-electron chi connectivity index (χ1n) is 12.6. The number of halogens is 2. The van der Waals surface area contributed by atoms with Crippen LogP contribution in [-0.2, 0) is 26.2 Å². The minimum absolute atomic E-state index is 0.0164. The molecule has 3 rings (SSSR count). The molecule has 208 valence electrons. The predicted octanol–water partition coefficient (Wildman–Crippen LogP) is 5.69. The third kappa shape index (κ3) is 7.53. The van der Waals surface area contributed by atoms with Gasteiger partial charge in [-0.05, 0) is 61.2 Å². The van der Waals surface area contributed by atoms with Crippen molar-refractivity contribution in [2.45, 2.75) is 45.2 Å². The Morgan fingerprint density at radius 1 is 0.872 bits per heavy atom. The molecule has 0 saturated carbocycles. The van der Waals surface area contributed by atoms with Crippen LogP contribution in [0.5, 0.6) is 0 Å². The molecule has 1 N–H and O–H groups in total. The highest BCUT2D eigenvalue weighted by Gasteiger charge is 2.33. The number of hydrogen-bond acceptors (Lipinski definition) is 4. The van der Waals surface area contributed by atoms with Crippen LogP contribution in [0.1, 0.15) is 31.9 Å². The largest absolute Gasteiger partial charge is 0.354 e. The molecule has 10 heteroatoms. The van der Waals surface area contributed by atoms with Crippen molar-refractivity contribution in [1.82, 2.24) is 10.2 Å². The van der Waals surface area contributed by atoms with Crippen molar-refractivity contribution >= 4 is 50.7 Å². The van der Waals surface area contributed by atoms with Gasteiger partial charge in [0.25, 0.3) is 10.0 Å². The molecule has 0 saturated heterocycles. The molecule has 0 fully saturated rings. The molecule has 1 unspecified atom stereocenters. The van der Waals surface area contributed by atoms with Crippen LogP contribution in [0.2, 0.25) is 10.0 Å². The maximum Gasteiger partial charge on any atom is 0.264 e. The summed E-state index contributed by atoms with van der Waals surface area (Å²) in [4.78, 5) is 28.4. The van der Waals surface area contributed by atoms with Gasteiger partial charge in [-0.2, -0.15) is 0 Å². The van der Waals surface area contributed by atoms with Gasteiger partial charge in [0, 0.05) is 23.1 Å². The second kappa shape index (κ2) is 13.3. The van der Waals surface area contributed by atoms with Crippen LogP contribution in [0.3, 0.4) is 0 Å². The fraction of sp³-hybridized carbons (Fsp3) is 0.310. The van der Waals surface area contributed by atoms with Gasteiger partial charge in [0.2, 0.25) is 11.8 Å². The van der Waals surface area contributed by atoms with E-state index in [1.165, 1.54) is 17.0 Å². The smallest absolute Gasteiger partial charge is 0.264 e. The average Bonchev–Trinajstić information content (AvgIpc) is 2.91. The standard InChI is InChI=1S/C29H33Cl2N3O4S/c1-20(2)17-32-29(36)22(4)33(18-23-11-8-9-14-26(23)31)28(35)19-34(27-16-10-15-25(30)21(27)3)39(37,38)24-12-6-5-7-13-24/h5-16,20,22H,17-19H2,1-4H3,(H,32,36). The Kier molecular flexibility index (Phi) is 10.4. The van der Waals surface area contributed by atoms with Crippen LogP contribution in [0.25, 0.3) is 0 Å². The van der Waals surface area contributed by atoms with Crippen LogP contribution in [-0.4, -0.2) is 44.3 Å². The topological polar surface area (TPSA) is 86.8 Å². The van der Waals surface area contributed by atoms with Crippen LogP contribution in [0.4, 0.5) is 5.69 Å². The summed E-state index contributed by atoms with van der Waals surface area (Å²) in [6, 6.07) is 18.9. The third-order valence-electron chi connectivity index (χ3n) is 6.27. The molecular weight excluding hydrogens is 557 g/mol. The molecule has 39 heavy (non-hydrogen) atoms. The lowest BCUT2D eigenvalue weighted by atomic mass is 10.1. The van der Waals surface area contributed by atoms with Crippen molar-refractivity contribution in [3.05, 3.63) is 94.0 Å². The lowest BCUT2D eigenvalue weighted by Gasteiger charge is -2.32. The van der Waals surface area contributed by atoms with Crippen LogP contribution in [0.15, 0.2) is 77.7 Å². The van der Waals surface area contributed by atoms with Gasteiger partial charge < -0.3 is 10.2 Å². The Hall–Kier alpha value is -3.07. The zero-order valence-corrected chi connectivity index (χ0v) is 24.7. The molecule has 1 atom stereocenters. The summed E-state index contributed by atoms with van der Waals surface area (Å²) in [6.07, 6.45) is 0. The van der Waals surface area contributed by atoms with Gasteiger partial charge in [-0.15, -0.1) is 0 Å². The van der Waals surface area contributed by atoms with Gasteiger partial charge in [-0.3, -0.25) is 13.9 Å². The molecule has 7 nitrogen and oxygen atoms in total. The van der Waals surface area contributed by atoms with E-state index in [0.29, 0.717) is 27.7 Å². The Balaban J connectivity index is 2.05. The van der Waals surface area contributed by atoms with Crippen molar-refractivity contribution < 1.29 is 18.0 Å². The molecular formula is C29H33Cl2N3O4S. The van der Waals surface area contributed by atoms with Crippen molar-refractivity contribution in [3.8, 4) is 0 Å². The zero-order valence-electron chi connectivity index (χ0n) is 22.4. The monoisotopic (exact) mass is 589 g/mol. The van der Waals surface area contributed by atoms with Crippen molar-refractivity contribution in [1.29, 1.82) is 0 Å². The van der Waals surface area contributed by atoms with E-state index in [1.54, 1.807) is 74.5 Å². The minimum Gasteiger partial charge on any atom is -0.354 e. The highest BCUT2D eigenvalue weighted by atomic mass is 35.5. The van der Waals surface area contributed by atoms with E-state index < -0.39 is 28.5 Å². The SMILES string of the molecule is Cc1c(Cl)cccc1N(CC(=O)N(Cc1ccccc1Cl)C(C)C(=O)NCC(C)C)S(=O)(=O)c1ccccc1. The first-order valence-corrected chi connectivity index (χ1v) is 14.8. The summed E-state index contributed by atoms with van der Waals surface area (Å²) in [5.41, 5.74) is 1.41. The average molecular weight is 591 g/mol. The molecule has 0 aliphatic carbocycles. The Bertz CT molecular complexity index is 1420. The maximum atomic E-state index is 14.0. The predicted molar refractivity (Wildman–Crippen MR) is 156 cm³/mol. The highest BCUT2D eigenvalue weighted by molar-refractivity contribution is 7.92. The van der Waals surface area contributed by atoms with Crippen molar-refractivity contribution in [2.75, 3.05) is 17.4 Å². The van der Waals surface area contributed by atoms with E-state index in [9.17, 15) is 18.0 Å². The highest BCUT2D eigenvalue weighted by Crippen LogP contribution is 2.31. The van der Waals surface area contributed by atoms with Crippen LogP contribution < -0.4 is 9.62 Å². The van der Waals surface area contributed by atoms with Gasteiger partial charge in [0.15, 0.2) is 0 Å². The molecule has 0 aromatic heterocycles. The van der Waals surface area contributed by atoms with Crippen molar-refractivity contribution in [3.63, 3.8) is 0 Å². The third-order valence-corrected chi connectivity index (χ3v) is 8.82. The van der Waals surface area contributed by atoms with E-state index in [1.807, 2.05) is 13.8 Å². The van der Waals surface area contributed by atoms with Gasteiger partial charge in [-0.1, -0.05) is 79.5 Å². The number of anilines is 1. The van der Waals surface area contributed by atoms with Crippen molar-refractivity contribution in [2.24, 2.45) is 5.92 Å². The first kappa shape index (κ1) is 30.5. The number of amides is 2. The Labute approximate surface area is 240 Å². The second-order valence-electron chi connectivity index (χ2n) is 9.64. The molecule has 0 bridgehead atoms. The minimum atomic E-state index is -4.17. The molecule has 3 aromatic carbocycles. The maximum absolute atomic E-state index is 14.0. The normalized spacial score (nSPS) is 12.2. The molecule has 3 aromatic rings. The van der Waals surface area contributed by atoms with Crippen LogP contribution in [0, 0.1) is 12.8 Å². The van der Waals surface area contributed by atoms with Gasteiger partial charge in [0.1, 0.15) is 12.6 Å². The zero-order chi connectivity index (χ0) is 28.7. The summed E-state index contributed by atoms with van der Waals surface area (Å²) in [6.45, 7) is 7.15.